The molecule has 6 heteroatoms. The second-order valence-corrected chi connectivity index (χ2v) is 5.99. The van der Waals surface area contributed by atoms with Gasteiger partial charge < -0.3 is 19.3 Å². The molecule has 0 fully saturated rings. The topological polar surface area (TPSA) is 77.9 Å². The van der Waals surface area contributed by atoms with Crippen LogP contribution < -0.4 is 14.2 Å². The number of carboxylic acid groups (broad SMARTS) is 1. The van der Waals surface area contributed by atoms with Crippen LogP contribution in [0.5, 0.6) is 17.4 Å². The van der Waals surface area contributed by atoms with E-state index >= 15 is 0 Å². The molecule has 0 unspecified atom stereocenters. The zero-order chi connectivity index (χ0) is 19.1. The Bertz CT molecular complexity index is 911. The maximum atomic E-state index is 11.0. The minimum absolute atomic E-state index is 0.0782. The van der Waals surface area contributed by atoms with Gasteiger partial charge >= 0.3 is 6.16 Å². The van der Waals surface area contributed by atoms with Crippen molar-refractivity contribution in [3.8, 4) is 17.4 Å². The number of hydrogen-bond acceptors (Lipinski definition) is 5. The molecule has 140 valence electrons. The van der Waals surface area contributed by atoms with Crippen molar-refractivity contribution in [2.45, 2.75) is 26.4 Å². The van der Waals surface area contributed by atoms with Crippen LogP contribution in [0, 0.1) is 0 Å². The van der Waals surface area contributed by atoms with E-state index in [1.54, 1.807) is 18.2 Å². The molecule has 0 saturated heterocycles. The first kappa shape index (κ1) is 18.5. The summed E-state index contributed by atoms with van der Waals surface area (Å²) in [4.78, 5) is 15.3. The van der Waals surface area contributed by atoms with Crippen molar-refractivity contribution in [3.63, 3.8) is 0 Å². The second kappa shape index (κ2) is 8.89. The van der Waals surface area contributed by atoms with E-state index in [1.807, 2.05) is 36.4 Å². The Morgan fingerprint density at radius 2 is 1.89 bits per heavy atom. The molecule has 3 rings (SSSR count). The lowest BCUT2D eigenvalue weighted by molar-refractivity contribution is 0.140. The molecule has 1 heterocycles. The van der Waals surface area contributed by atoms with Crippen molar-refractivity contribution >= 4 is 17.1 Å². The van der Waals surface area contributed by atoms with Gasteiger partial charge in [-0.2, -0.15) is 0 Å². The van der Waals surface area contributed by atoms with Crippen LogP contribution in [-0.2, 0) is 6.61 Å². The minimum Gasteiger partial charge on any atom is -0.494 e. The van der Waals surface area contributed by atoms with Gasteiger partial charge in [-0.05, 0) is 36.2 Å². The summed E-state index contributed by atoms with van der Waals surface area (Å²) in [6.45, 7) is 3.03. The predicted molar refractivity (Wildman–Crippen MR) is 102 cm³/mol. The SMILES string of the molecule is CCCCOc1ccc2nc(OC(=O)O)c(OCc3ccccc3)cc2c1. The first-order valence-corrected chi connectivity index (χ1v) is 8.81. The summed E-state index contributed by atoms with van der Waals surface area (Å²) in [5.41, 5.74) is 1.55. The van der Waals surface area contributed by atoms with E-state index < -0.39 is 6.16 Å². The molecule has 0 atom stereocenters. The number of ether oxygens (including phenoxy) is 3. The van der Waals surface area contributed by atoms with Crippen molar-refractivity contribution < 1.29 is 24.1 Å². The lowest BCUT2D eigenvalue weighted by Crippen LogP contribution is -2.07. The Morgan fingerprint density at radius 1 is 1.07 bits per heavy atom. The van der Waals surface area contributed by atoms with Crippen molar-refractivity contribution in [2.75, 3.05) is 6.61 Å². The molecule has 0 radical (unpaired) electrons. The summed E-state index contributed by atoms with van der Waals surface area (Å²) in [5, 5.41) is 9.76. The van der Waals surface area contributed by atoms with Gasteiger partial charge in [0.1, 0.15) is 12.4 Å². The van der Waals surface area contributed by atoms with Crippen LogP contribution in [0.2, 0.25) is 0 Å². The highest BCUT2D eigenvalue weighted by molar-refractivity contribution is 5.83. The molecule has 0 saturated carbocycles. The molecule has 0 amide bonds. The quantitative estimate of drug-likeness (QED) is 0.443. The number of pyridine rings is 1. The van der Waals surface area contributed by atoms with Gasteiger partial charge in [0.05, 0.1) is 12.1 Å². The van der Waals surface area contributed by atoms with Gasteiger partial charge in [-0.3, -0.25) is 0 Å². The van der Waals surface area contributed by atoms with E-state index in [4.69, 9.17) is 19.3 Å². The number of rotatable bonds is 8. The van der Waals surface area contributed by atoms with E-state index in [1.165, 1.54) is 0 Å². The van der Waals surface area contributed by atoms with Gasteiger partial charge in [0.2, 0.25) is 0 Å². The van der Waals surface area contributed by atoms with Crippen LogP contribution in [-0.4, -0.2) is 22.9 Å². The lowest BCUT2D eigenvalue weighted by Gasteiger charge is -2.12. The van der Waals surface area contributed by atoms with Crippen LogP contribution in [0.25, 0.3) is 10.9 Å². The van der Waals surface area contributed by atoms with Crippen LogP contribution in [0.1, 0.15) is 25.3 Å². The van der Waals surface area contributed by atoms with E-state index in [2.05, 4.69) is 11.9 Å². The summed E-state index contributed by atoms with van der Waals surface area (Å²) in [7, 11) is 0. The van der Waals surface area contributed by atoms with Gasteiger partial charge in [-0.15, -0.1) is 0 Å². The largest absolute Gasteiger partial charge is 0.512 e. The Labute approximate surface area is 157 Å². The molecule has 1 N–H and O–H groups in total. The molecule has 1 aromatic heterocycles. The molecule has 0 aliphatic rings. The Hall–Kier alpha value is -3.28. The van der Waals surface area contributed by atoms with Crippen molar-refractivity contribution in [1.82, 2.24) is 4.98 Å². The zero-order valence-electron chi connectivity index (χ0n) is 15.1. The summed E-state index contributed by atoms with van der Waals surface area (Å²) in [5.74, 6) is 0.920. The molecule has 0 bridgehead atoms. The Morgan fingerprint density at radius 3 is 2.63 bits per heavy atom. The molecule has 6 nitrogen and oxygen atoms in total. The number of unbranched alkanes of at least 4 members (excludes halogenated alkanes) is 1. The van der Waals surface area contributed by atoms with Crippen molar-refractivity contribution in [1.29, 1.82) is 0 Å². The fourth-order valence-electron chi connectivity index (χ4n) is 2.54. The van der Waals surface area contributed by atoms with Gasteiger partial charge in [0, 0.05) is 5.39 Å². The first-order valence-electron chi connectivity index (χ1n) is 8.81. The minimum atomic E-state index is -1.44. The molecule has 0 aliphatic carbocycles. The summed E-state index contributed by atoms with van der Waals surface area (Å²) >= 11 is 0. The highest BCUT2D eigenvalue weighted by Gasteiger charge is 2.14. The van der Waals surface area contributed by atoms with E-state index in [0.717, 1.165) is 29.5 Å². The van der Waals surface area contributed by atoms with Crippen molar-refractivity contribution in [2.24, 2.45) is 0 Å². The van der Waals surface area contributed by atoms with Crippen LogP contribution in [0.15, 0.2) is 54.6 Å². The van der Waals surface area contributed by atoms with Gasteiger partial charge in [-0.1, -0.05) is 43.7 Å². The van der Waals surface area contributed by atoms with Gasteiger partial charge in [0.15, 0.2) is 5.75 Å². The highest BCUT2D eigenvalue weighted by atomic mass is 16.7. The summed E-state index contributed by atoms with van der Waals surface area (Å²) in [6.07, 6.45) is 0.598. The number of benzene rings is 2. The van der Waals surface area contributed by atoms with Crippen LogP contribution in [0.4, 0.5) is 4.79 Å². The van der Waals surface area contributed by atoms with Crippen LogP contribution in [0.3, 0.4) is 0 Å². The molecular weight excluding hydrogens is 346 g/mol. The lowest BCUT2D eigenvalue weighted by atomic mass is 10.2. The normalized spacial score (nSPS) is 10.6. The number of fused-ring (bicyclic) bond motifs is 1. The van der Waals surface area contributed by atoms with Gasteiger partial charge in [-0.25, -0.2) is 9.78 Å². The Balaban J connectivity index is 1.88. The maximum Gasteiger partial charge on any atom is 0.512 e. The first-order chi connectivity index (χ1) is 13.2. The van der Waals surface area contributed by atoms with Gasteiger partial charge in [0.25, 0.3) is 5.88 Å². The molecule has 0 aliphatic heterocycles. The smallest absolute Gasteiger partial charge is 0.494 e. The van der Waals surface area contributed by atoms with E-state index in [9.17, 15) is 4.79 Å². The zero-order valence-corrected chi connectivity index (χ0v) is 15.1. The standard InChI is InChI=1S/C21H21NO5/c1-2-3-11-25-17-9-10-18-16(12-17)13-19(20(22-18)27-21(23)24)26-14-15-7-5-4-6-8-15/h4-10,12-13H,2-3,11,14H2,1H3,(H,23,24). The van der Waals surface area contributed by atoms with E-state index in [0.29, 0.717) is 12.1 Å². The van der Waals surface area contributed by atoms with E-state index in [-0.39, 0.29) is 18.2 Å². The molecule has 27 heavy (non-hydrogen) atoms. The fraction of sp³-hybridized carbons (Fsp3) is 0.238. The molecule has 3 aromatic rings. The third-order valence-electron chi connectivity index (χ3n) is 3.91. The number of hydrogen-bond donors (Lipinski definition) is 1. The summed E-state index contributed by atoms with van der Waals surface area (Å²) in [6, 6.07) is 16.7. The average Bonchev–Trinajstić information content (AvgIpc) is 2.67. The summed E-state index contributed by atoms with van der Waals surface area (Å²) < 4.78 is 16.3. The molecule has 0 spiro atoms. The van der Waals surface area contributed by atoms with Crippen molar-refractivity contribution in [3.05, 3.63) is 60.2 Å². The fourth-order valence-corrected chi connectivity index (χ4v) is 2.54. The third kappa shape index (κ3) is 5.10. The second-order valence-electron chi connectivity index (χ2n) is 5.99. The monoisotopic (exact) mass is 367 g/mol. The Kier molecular flexibility index (Phi) is 6.10. The predicted octanol–water partition coefficient (Wildman–Crippen LogP) is 5.05. The number of nitrogens with zero attached hydrogens (tertiary/aromatic N) is 1. The molecular formula is C21H21NO5. The number of carbonyl (C=O) groups is 1. The maximum absolute atomic E-state index is 11.0. The number of aromatic nitrogens is 1. The third-order valence-corrected chi connectivity index (χ3v) is 3.91. The highest BCUT2D eigenvalue weighted by Crippen LogP contribution is 2.32. The average molecular weight is 367 g/mol. The van der Waals surface area contributed by atoms with Crippen LogP contribution >= 0.6 is 0 Å². The molecule has 2 aromatic carbocycles.